The molecule has 2 fully saturated rings. The maximum Gasteiger partial charge on any atom is 0.224 e. The number of nitrogens with zero attached hydrogens (tertiary/aromatic N) is 1. The Balaban J connectivity index is 1.77. The molecule has 0 aliphatic carbocycles. The average Bonchev–Trinajstić information content (AvgIpc) is 2.83. The maximum absolute atomic E-state index is 12.1. The van der Waals surface area contributed by atoms with Gasteiger partial charge in [0.15, 0.2) is 0 Å². The molecule has 2 rings (SSSR count). The molecule has 0 aromatic carbocycles. The van der Waals surface area contributed by atoms with Crippen LogP contribution < -0.4 is 5.32 Å². The normalized spacial score (nSPS) is 28.4. The summed E-state index contributed by atoms with van der Waals surface area (Å²) in [7, 11) is 0. The van der Waals surface area contributed by atoms with Gasteiger partial charge >= 0.3 is 0 Å². The Morgan fingerprint density at radius 2 is 2.12 bits per heavy atom. The van der Waals surface area contributed by atoms with E-state index >= 15 is 0 Å². The molecule has 1 unspecified atom stereocenters. The fourth-order valence-corrected chi connectivity index (χ4v) is 2.92. The van der Waals surface area contributed by atoms with Gasteiger partial charge in [0.25, 0.3) is 0 Å². The first-order valence-electron chi connectivity index (χ1n) is 7.14. The van der Waals surface area contributed by atoms with E-state index in [9.17, 15) is 4.79 Å². The van der Waals surface area contributed by atoms with Gasteiger partial charge in [-0.1, -0.05) is 20.3 Å². The summed E-state index contributed by atoms with van der Waals surface area (Å²) in [5.41, 5.74) is 0.475. The molecule has 0 bridgehead atoms. The van der Waals surface area contributed by atoms with Crippen LogP contribution in [0, 0.1) is 5.41 Å². The van der Waals surface area contributed by atoms with Crippen LogP contribution in [0.1, 0.15) is 52.4 Å². The number of nitrogens with one attached hydrogen (secondary N) is 1. The first-order valence-corrected chi connectivity index (χ1v) is 7.14. The maximum atomic E-state index is 12.1. The number of rotatable bonds is 3. The molecular weight excluding hydrogens is 212 g/mol. The standard InChI is InChI=1S/C14H26N2O/c1-3-14(2)6-9-16(10-7-14)13(17)11-12-5-4-8-15-12/h12,15H,3-11H2,1-2H3. The molecular formula is C14H26N2O. The topological polar surface area (TPSA) is 32.3 Å². The van der Waals surface area contributed by atoms with Crippen LogP contribution >= 0.6 is 0 Å². The van der Waals surface area contributed by atoms with Gasteiger partial charge in [0.1, 0.15) is 0 Å². The minimum atomic E-state index is 0.363. The summed E-state index contributed by atoms with van der Waals surface area (Å²) >= 11 is 0. The zero-order valence-electron chi connectivity index (χ0n) is 11.3. The second kappa shape index (κ2) is 5.38. The molecule has 2 aliphatic heterocycles. The molecule has 1 atom stereocenters. The second-order valence-corrected chi connectivity index (χ2v) is 6.04. The van der Waals surface area contributed by atoms with Crippen molar-refractivity contribution in [2.24, 2.45) is 5.41 Å². The van der Waals surface area contributed by atoms with E-state index in [0.717, 1.165) is 19.6 Å². The molecule has 3 nitrogen and oxygen atoms in total. The third kappa shape index (κ3) is 3.21. The molecule has 1 N–H and O–H groups in total. The van der Waals surface area contributed by atoms with Gasteiger partial charge < -0.3 is 10.2 Å². The summed E-state index contributed by atoms with van der Waals surface area (Å²) in [6, 6.07) is 0.446. The number of likely N-dealkylation sites (tertiary alicyclic amines) is 1. The Morgan fingerprint density at radius 3 is 2.65 bits per heavy atom. The quantitative estimate of drug-likeness (QED) is 0.817. The monoisotopic (exact) mass is 238 g/mol. The Labute approximate surface area is 105 Å². The molecule has 1 amide bonds. The van der Waals surface area contributed by atoms with Crippen LogP contribution in [0.3, 0.4) is 0 Å². The number of hydrogen-bond donors (Lipinski definition) is 1. The highest BCUT2D eigenvalue weighted by Gasteiger charge is 2.31. The number of carbonyl (C=O) groups is 1. The molecule has 2 heterocycles. The Hall–Kier alpha value is -0.570. The molecule has 0 aromatic heterocycles. The Morgan fingerprint density at radius 1 is 1.41 bits per heavy atom. The molecule has 2 saturated heterocycles. The molecule has 3 heteroatoms. The van der Waals surface area contributed by atoms with Gasteiger partial charge in [-0.2, -0.15) is 0 Å². The van der Waals surface area contributed by atoms with Crippen molar-refractivity contribution in [3.05, 3.63) is 0 Å². The number of hydrogen-bond acceptors (Lipinski definition) is 2. The first-order chi connectivity index (χ1) is 8.13. The molecule has 0 spiro atoms. The lowest BCUT2D eigenvalue weighted by Crippen LogP contribution is -2.43. The molecule has 0 saturated carbocycles. The van der Waals surface area contributed by atoms with Gasteiger partial charge in [0.2, 0.25) is 5.91 Å². The highest BCUT2D eigenvalue weighted by molar-refractivity contribution is 5.77. The van der Waals surface area contributed by atoms with Crippen molar-refractivity contribution < 1.29 is 4.79 Å². The summed E-state index contributed by atoms with van der Waals surface area (Å²) in [5.74, 6) is 0.363. The lowest BCUT2D eigenvalue weighted by molar-refractivity contribution is -0.133. The zero-order valence-corrected chi connectivity index (χ0v) is 11.3. The largest absolute Gasteiger partial charge is 0.343 e. The summed E-state index contributed by atoms with van der Waals surface area (Å²) in [6.45, 7) is 7.64. The van der Waals surface area contributed by atoms with Crippen molar-refractivity contribution >= 4 is 5.91 Å². The zero-order chi connectivity index (χ0) is 12.3. The van der Waals surface area contributed by atoms with E-state index in [1.165, 1.54) is 32.1 Å². The highest BCUT2D eigenvalue weighted by atomic mass is 16.2. The second-order valence-electron chi connectivity index (χ2n) is 6.04. The minimum Gasteiger partial charge on any atom is -0.343 e. The summed E-state index contributed by atoms with van der Waals surface area (Å²) in [6.07, 6.45) is 6.70. The van der Waals surface area contributed by atoms with E-state index < -0.39 is 0 Å². The van der Waals surface area contributed by atoms with Crippen molar-refractivity contribution in [2.45, 2.75) is 58.4 Å². The van der Waals surface area contributed by atoms with Crippen molar-refractivity contribution in [2.75, 3.05) is 19.6 Å². The minimum absolute atomic E-state index is 0.363. The van der Waals surface area contributed by atoms with Gasteiger partial charge in [-0.3, -0.25) is 4.79 Å². The molecule has 2 aliphatic rings. The first kappa shape index (κ1) is 12.9. The van der Waals surface area contributed by atoms with Crippen LogP contribution in [-0.4, -0.2) is 36.5 Å². The fraction of sp³-hybridized carbons (Fsp3) is 0.929. The summed E-state index contributed by atoms with van der Waals surface area (Å²) in [5, 5.41) is 3.41. The van der Waals surface area contributed by atoms with Crippen LogP contribution in [0.2, 0.25) is 0 Å². The van der Waals surface area contributed by atoms with Crippen LogP contribution in [0.15, 0.2) is 0 Å². The van der Waals surface area contributed by atoms with E-state index in [1.807, 2.05) is 0 Å². The van der Waals surface area contributed by atoms with E-state index in [1.54, 1.807) is 0 Å². The third-order valence-electron chi connectivity index (χ3n) is 4.76. The van der Waals surface area contributed by atoms with Crippen molar-refractivity contribution in [1.82, 2.24) is 10.2 Å². The van der Waals surface area contributed by atoms with Crippen molar-refractivity contribution in [3.8, 4) is 0 Å². The molecule has 98 valence electrons. The van der Waals surface area contributed by atoms with E-state index in [4.69, 9.17) is 0 Å². The van der Waals surface area contributed by atoms with Gasteiger partial charge in [0, 0.05) is 25.6 Å². The summed E-state index contributed by atoms with van der Waals surface area (Å²) in [4.78, 5) is 14.2. The number of carbonyl (C=O) groups excluding carboxylic acids is 1. The molecule has 0 aromatic rings. The lowest BCUT2D eigenvalue weighted by atomic mass is 9.78. The average molecular weight is 238 g/mol. The van der Waals surface area contributed by atoms with Gasteiger partial charge in [-0.15, -0.1) is 0 Å². The number of amides is 1. The fourth-order valence-electron chi connectivity index (χ4n) is 2.92. The van der Waals surface area contributed by atoms with E-state index in [0.29, 0.717) is 23.8 Å². The third-order valence-corrected chi connectivity index (χ3v) is 4.76. The molecule has 17 heavy (non-hydrogen) atoms. The predicted octanol–water partition coefficient (Wildman–Crippen LogP) is 2.17. The Kier molecular flexibility index (Phi) is 4.08. The van der Waals surface area contributed by atoms with Crippen LogP contribution in [0.4, 0.5) is 0 Å². The van der Waals surface area contributed by atoms with Crippen LogP contribution in [-0.2, 0) is 4.79 Å². The van der Waals surface area contributed by atoms with Crippen molar-refractivity contribution in [1.29, 1.82) is 0 Å². The summed E-state index contributed by atoms with van der Waals surface area (Å²) < 4.78 is 0. The van der Waals surface area contributed by atoms with E-state index in [2.05, 4.69) is 24.1 Å². The smallest absolute Gasteiger partial charge is 0.224 e. The molecule has 0 radical (unpaired) electrons. The van der Waals surface area contributed by atoms with Crippen LogP contribution in [0.25, 0.3) is 0 Å². The van der Waals surface area contributed by atoms with Crippen LogP contribution in [0.5, 0.6) is 0 Å². The predicted molar refractivity (Wildman–Crippen MR) is 69.9 cm³/mol. The van der Waals surface area contributed by atoms with E-state index in [-0.39, 0.29) is 0 Å². The van der Waals surface area contributed by atoms with Crippen molar-refractivity contribution in [3.63, 3.8) is 0 Å². The number of piperidine rings is 1. The SMILES string of the molecule is CCC1(C)CCN(C(=O)CC2CCCN2)CC1. The van der Waals surface area contributed by atoms with Gasteiger partial charge in [-0.05, 0) is 37.6 Å². The highest BCUT2D eigenvalue weighted by Crippen LogP contribution is 2.34. The van der Waals surface area contributed by atoms with Gasteiger partial charge in [0.05, 0.1) is 0 Å². The lowest BCUT2D eigenvalue weighted by Gasteiger charge is -2.39. The Bertz CT molecular complexity index is 263. The van der Waals surface area contributed by atoms with Gasteiger partial charge in [-0.25, -0.2) is 0 Å².